The van der Waals surface area contributed by atoms with Crippen LogP contribution in [0.4, 0.5) is 4.39 Å². The first-order valence-electron chi connectivity index (χ1n) is 3.98. The first kappa shape index (κ1) is 10.6. The molecule has 0 heterocycles. The van der Waals surface area contributed by atoms with Crippen LogP contribution in [0.5, 0.6) is 0 Å². The van der Waals surface area contributed by atoms with Gasteiger partial charge < -0.3 is 0 Å². The monoisotopic (exact) mass is 207 g/mol. The number of nitrogens with zero attached hydrogens (tertiary/aromatic N) is 1. The maximum atomic E-state index is 13.1. The molecule has 1 aromatic carbocycles. The molecule has 0 unspecified atom stereocenters. The minimum absolute atomic E-state index is 0.169. The van der Waals surface area contributed by atoms with Gasteiger partial charge in [0.25, 0.3) is 0 Å². The minimum atomic E-state index is -0.385. The lowest BCUT2D eigenvalue weighted by atomic mass is 10.1. The fourth-order valence-corrected chi connectivity index (χ4v) is 1.06. The summed E-state index contributed by atoms with van der Waals surface area (Å²) < 4.78 is 13.1. The van der Waals surface area contributed by atoms with Crippen molar-refractivity contribution in [3.05, 3.63) is 35.1 Å². The summed E-state index contributed by atoms with van der Waals surface area (Å²) >= 11 is 5.36. The Balaban J connectivity index is 3.03. The molecule has 0 spiro atoms. The zero-order valence-corrected chi connectivity index (χ0v) is 8.11. The maximum Gasteiger partial charge on any atom is 0.138 e. The van der Waals surface area contributed by atoms with Crippen molar-refractivity contribution in [2.45, 2.75) is 6.42 Å². The van der Waals surface area contributed by atoms with Crippen LogP contribution in [0.15, 0.2) is 18.2 Å². The molecule has 70 valence electrons. The van der Waals surface area contributed by atoms with E-state index in [1.54, 1.807) is 12.1 Å². The van der Waals surface area contributed by atoms with Gasteiger partial charge in [-0.15, -0.1) is 11.6 Å². The van der Waals surface area contributed by atoms with Crippen LogP contribution < -0.4 is 0 Å². The van der Waals surface area contributed by atoms with Crippen LogP contribution in [-0.2, 0) is 6.42 Å². The molecule has 0 aromatic heterocycles. The van der Waals surface area contributed by atoms with Gasteiger partial charge in [0.15, 0.2) is 0 Å². The number of alkyl halides is 1. The van der Waals surface area contributed by atoms with Crippen molar-refractivity contribution in [2.75, 3.05) is 5.88 Å². The van der Waals surface area contributed by atoms with Crippen LogP contribution >= 0.6 is 11.6 Å². The largest absolute Gasteiger partial charge is 0.206 e. The van der Waals surface area contributed by atoms with Gasteiger partial charge in [0.05, 0.1) is 23.9 Å². The van der Waals surface area contributed by atoms with E-state index in [-0.39, 0.29) is 18.1 Å². The Kier molecular flexibility index (Phi) is 3.98. The van der Waals surface area contributed by atoms with Crippen molar-refractivity contribution >= 4 is 11.6 Å². The van der Waals surface area contributed by atoms with Crippen molar-refractivity contribution in [1.82, 2.24) is 0 Å². The van der Waals surface area contributed by atoms with Gasteiger partial charge in [-0.05, 0) is 17.7 Å². The van der Waals surface area contributed by atoms with Gasteiger partial charge in [-0.3, -0.25) is 0 Å². The predicted molar refractivity (Wildman–Crippen MR) is 53.3 cm³/mol. The summed E-state index contributed by atoms with van der Waals surface area (Å²) in [5.74, 6) is 4.95. The third kappa shape index (κ3) is 2.76. The van der Waals surface area contributed by atoms with E-state index in [0.717, 1.165) is 5.56 Å². The van der Waals surface area contributed by atoms with E-state index in [1.807, 2.05) is 6.07 Å². The molecule has 1 nitrogen and oxygen atoms in total. The maximum absolute atomic E-state index is 13.1. The molecule has 1 aromatic rings. The van der Waals surface area contributed by atoms with E-state index in [0.29, 0.717) is 5.56 Å². The lowest BCUT2D eigenvalue weighted by Gasteiger charge is -1.97. The van der Waals surface area contributed by atoms with Crippen molar-refractivity contribution in [2.24, 2.45) is 0 Å². The summed E-state index contributed by atoms with van der Waals surface area (Å²) in [4.78, 5) is 0. The molecule has 0 amide bonds. The summed E-state index contributed by atoms with van der Waals surface area (Å²) in [5, 5.41) is 8.46. The molecule has 0 N–H and O–H groups in total. The Hall–Kier alpha value is -1.51. The molecule has 0 radical (unpaired) electrons. The van der Waals surface area contributed by atoms with E-state index >= 15 is 0 Å². The van der Waals surface area contributed by atoms with Crippen molar-refractivity contribution < 1.29 is 4.39 Å². The summed E-state index contributed by atoms with van der Waals surface area (Å²) in [6.45, 7) is 0. The summed E-state index contributed by atoms with van der Waals surface area (Å²) in [6, 6.07) is 6.44. The van der Waals surface area contributed by atoms with Crippen molar-refractivity contribution in [3.63, 3.8) is 0 Å². The lowest BCUT2D eigenvalue weighted by molar-refractivity contribution is 0.623. The van der Waals surface area contributed by atoms with Crippen molar-refractivity contribution in [3.8, 4) is 17.9 Å². The van der Waals surface area contributed by atoms with Crippen LogP contribution in [0.1, 0.15) is 11.1 Å². The topological polar surface area (TPSA) is 23.8 Å². The fraction of sp³-hybridized carbons (Fsp3) is 0.182. The second kappa shape index (κ2) is 5.27. The van der Waals surface area contributed by atoms with Crippen LogP contribution in [0, 0.1) is 29.0 Å². The number of nitriles is 1. The van der Waals surface area contributed by atoms with Gasteiger partial charge in [-0.2, -0.15) is 5.26 Å². The average Bonchev–Trinajstić information content (AvgIpc) is 2.19. The first-order chi connectivity index (χ1) is 6.77. The number of rotatable bonds is 1. The second-order valence-electron chi connectivity index (χ2n) is 2.58. The predicted octanol–water partition coefficient (Wildman–Crippen LogP) is 2.48. The van der Waals surface area contributed by atoms with Gasteiger partial charge in [0.2, 0.25) is 0 Å². The quantitative estimate of drug-likeness (QED) is 0.513. The molecule has 0 saturated heterocycles. The van der Waals surface area contributed by atoms with Crippen LogP contribution in [0.2, 0.25) is 0 Å². The highest BCUT2D eigenvalue weighted by atomic mass is 35.5. The lowest BCUT2D eigenvalue weighted by Crippen LogP contribution is -1.88. The molecule has 0 aliphatic heterocycles. The summed E-state index contributed by atoms with van der Waals surface area (Å²) in [5.41, 5.74) is 1.05. The van der Waals surface area contributed by atoms with Gasteiger partial charge >= 0.3 is 0 Å². The van der Waals surface area contributed by atoms with Gasteiger partial charge in [-0.1, -0.05) is 17.9 Å². The number of hydrogen-bond acceptors (Lipinski definition) is 1. The van der Waals surface area contributed by atoms with Gasteiger partial charge in [0.1, 0.15) is 5.82 Å². The second-order valence-corrected chi connectivity index (χ2v) is 2.85. The highest BCUT2D eigenvalue weighted by Crippen LogP contribution is 2.09. The Morgan fingerprint density at radius 3 is 2.86 bits per heavy atom. The molecular formula is C11H7ClFN. The van der Waals surface area contributed by atoms with E-state index in [2.05, 4.69) is 11.8 Å². The van der Waals surface area contributed by atoms with E-state index in [1.165, 1.54) is 6.07 Å². The fourth-order valence-electron chi connectivity index (χ4n) is 0.998. The smallest absolute Gasteiger partial charge is 0.138 e. The van der Waals surface area contributed by atoms with E-state index in [9.17, 15) is 4.39 Å². The number of halogens is 2. The number of benzene rings is 1. The Morgan fingerprint density at radius 1 is 1.43 bits per heavy atom. The van der Waals surface area contributed by atoms with Crippen molar-refractivity contribution in [1.29, 1.82) is 5.26 Å². The molecular weight excluding hydrogens is 201 g/mol. The Morgan fingerprint density at radius 2 is 2.21 bits per heavy atom. The third-order valence-corrected chi connectivity index (χ3v) is 1.74. The molecule has 0 fully saturated rings. The Bertz CT molecular complexity index is 423. The Labute approximate surface area is 87.1 Å². The van der Waals surface area contributed by atoms with Crippen LogP contribution in [-0.4, -0.2) is 5.88 Å². The normalized spacial score (nSPS) is 8.64. The van der Waals surface area contributed by atoms with E-state index < -0.39 is 0 Å². The molecule has 0 aliphatic carbocycles. The summed E-state index contributed by atoms with van der Waals surface area (Å²) in [6.07, 6.45) is 0.260. The number of hydrogen-bond donors (Lipinski definition) is 0. The van der Waals surface area contributed by atoms with Crippen LogP contribution in [0.25, 0.3) is 0 Å². The molecule has 0 aliphatic rings. The third-order valence-electron chi connectivity index (χ3n) is 1.60. The zero-order chi connectivity index (χ0) is 10.4. The molecule has 0 bridgehead atoms. The van der Waals surface area contributed by atoms with Gasteiger partial charge in [0, 0.05) is 0 Å². The van der Waals surface area contributed by atoms with Crippen LogP contribution in [0.3, 0.4) is 0 Å². The highest BCUT2D eigenvalue weighted by Gasteiger charge is 2.00. The highest BCUT2D eigenvalue weighted by molar-refractivity contribution is 6.19. The van der Waals surface area contributed by atoms with Gasteiger partial charge in [-0.25, -0.2) is 4.39 Å². The standard InChI is InChI=1S/C11H7ClFN/c12-6-1-2-10-8-9(5-7-14)3-4-11(10)13/h3-4,8H,5-6H2. The average molecular weight is 208 g/mol. The summed E-state index contributed by atoms with van der Waals surface area (Å²) in [7, 11) is 0. The molecule has 0 atom stereocenters. The molecule has 3 heteroatoms. The molecule has 1 rings (SSSR count). The molecule has 0 saturated carbocycles. The zero-order valence-electron chi connectivity index (χ0n) is 7.35. The minimum Gasteiger partial charge on any atom is -0.206 e. The van der Waals surface area contributed by atoms with E-state index in [4.69, 9.17) is 16.9 Å². The molecule has 14 heavy (non-hydrogen) atoms. The SMILES string of the molecule is N#CCc1ccc(F)c(C#CCCl)c1. The first-order valence-corrected chi connectivity index (χ1v) is 4.51.